The van der Waals surface area contributed by atoms with Crippen LogP contribution in [0.2, 0.25) is 0 Å². The molecule has 0 aliphatic rings. The van der Waals surface area contributed by atoms with Crippen LogP contribution in [-0.4, -0.2) is 22.3 Å². The van der Waals surface area contributed by atoms with Crippen LogP contribution in [0.4, 0.5) is 0 Å². The Morgan fingerprint density at radius 2 is 1.95 bits per heavy atom. The lowest BCUT2D eigenvalue weighted by Crippen LogP contribution is -2.36. The molecular weight excluding hydrogens is 346 g/mol. The van der Waals surface area contributed by atoms with Crippen molar-refractivity contribution in [1.82, 2.24) is 15.5 Å². The van der Waals surface area contributed by atoms with Crippen LogP contribution in [0.25, 0.3) is 10.6 Å². The molecule has 0 unspecified atom stereocenters. The smallest absolute Gasteiger partial charge is 0.147 e. The molecule has 1 N–H and O–H groups in total. The number of aromatic nitrogens is 2. The van der Waals surface area contributed by atoms with E-state index in [0.717, 1.165) is 39.4 Å². The fourth-order valence-electron chi connectivity index (χ4n) is 2.03. The molecule has 0 aliphatic carbocycles. The molecule has 0 aliphatic heterocycles. The Balaban J connectivity index is 1.95. The highest BCUT2D eigenvalue weighted by atomic mass is 79.9. The first-order chi connectivity index (χ1) is 9.83. The Morgan fingerprint density at radius 1 is 1.19 bits per heavy atom. The molecule has 0 spiro atoms. The number of halogens is 1. The first-order valence-electron chi connectivity index (χ1n) is 7.18. The summed E-state index contributed by atoms with van der Waals surface area (Å²) in [5.41, 5.74) is 2.55. The van der Waals surface area contributed by atoms with Gasteiger partial charge < -0.3 is 5.32 Å². The van der Waals surface area contributed by atoms with Gasteiger partial charge in [-0.2, -0.15) is 0 Å². The molecule has 2 rings (SSSR count). The minimum Gasteiger partial charge on any atom is -0.312 e. The summed E-state index contributed by atoms with van der Waals surface area (Å²) in [6.45, 7) is 9.66. The number of nitrogens with one attached hydrogen (secondary N) is 1. The first kappa shape index (κ1) is 16.6. The summed E-state index contributed by atoms with van der Waals surface area (Å²) in [6.07, 6.45) is 2.07. The topological polar surface area (TPSA) is 37.8 Å². The normalized spacial score (nSPS) is 11.9. The van der Waals surface area contributed by atoms with Crippen molar-refractivity contribution in [2.24, 2.45) is 0 Å². The zero-order valence-electron chi connectivity index (χ0n) is 13.0. The molecular formula is C16H22BrN3S. The van der Waals surface area contributed by atoms with Crippen molar-refractivity contribution in [3.63, 3.8) is 0 Å². The highest BCUT2D eigenvalue weighted by molar-refractivity contribution is 9.10. The van der Waals surface area contributed by atoms with E-state index in [0.29, 0.717) is 0 Å². The fourth-order valence-corrected chi connectivity index (χ4v) is 3.51. The molecule has 0 atom stereocenters. The van der Waals surface area contributed by atoms with Gasteiger partial charge in [0.05, 0.1) is 0 Å². The number of rotatable bonds is 5. The molecule has 0 bridgehead atoms. The van der Waals surface area contributed by atoms with Gasteiger partial charge in [0, 0.05) is 22.0 Å². The molecule has 1 aromatic carbocycles. The minimum atomic E-state index is 0.181. The number of hydrogen-bond acceptors (Lipinski definition) is 4. The molecule has 0 saturated carbocycles. The minimum absolute atomic E-state index is 0.181. The van der Waals surface area contributed by atoms with Crippen LogP contribution in [-0.2, 0) is 6.42 Å². The maximum absolute atomic E-state index is 4.32. The van der Waals surface area contributed by atoms with Crippen LogP contribution in [0.5, 0.6) is 0 Å². The van der Waals surface area contributed by atoms with Gasteiger partial charge in [-0.1, -0.05) is 27.3 Å². The van der Waals surface area contributed by atoms with Gasteiger partial charge in [-0.3, -0.25) is 0 Å². The van der Waals surface area contributed by atoms with Gasteiger partial charge in [-0.15, -0.1) is 10.2 Å². The van der Waals surface area contributed by atoms with Gasteiger partial charge in [-0.25, -0.2) is 0 Å². The lowest BCUT2D eigenvalue weighted by molar-refractivity contribution is 0.422. The van der Waals surface area contributed by atoms with Gasteiger partial charge >= 0.3 is 0 Å². The third-order valence-electron chi connectivity index (χ3n) is 2.98. The highest BCUT2D eigenvalue weighted by Crippen LogP contribution is 2.27. The standard InChI is InChI=1S/C16H22BrN3S/c1-11-8-12(10-13(17)9-11)15-20-19-14(21-15)6-5-7-18-16(2,3)4/h8-10,18H,5-7H2,1-4H3. The third kappa shape index (κ3) is 5.49. The molecule has 21 heavy (non-hydrogen) atoms. The van der Waals surface area contributed by atoms with Crippen molar-refractivity contribution in [2.45, 2.75) is 46.1 Å². The van der Waals surface area contributed by atoms with Crippen molar-refractivity contribution in [1.29, 1.82) is 0 Å². The predicted molar refractivity (Wildman–Crippen MR) is 93.9 cm³/mol. The number of hydrogen-bond donors (Lipinski definition) is 1. The zero-order valence-corrected chi connectivity index (χ0v) is 15.4. The number of benzene rings is 1. The van der Waals surface area contributed by atoms with Crippen LogP contribution >= 0.6 is 27.3 Å². The van der Waals surface area contributed by atoms with Gasteiger partial charge in [-0.05, 0) is 64.4 Å². The van der Waals surface area contributed by atoms with Crippen molar-refractivity contribution >= 4 is 27.3 Å². The van der Waals surface area contributed by atoms with Gasteiger partial charge in [0.2, 0.25) is 0 Å². The van der Waals surface area contributed by atoms with E-state index in [1.807, 2.05) is 0 Å². The molecule has 3 nitrogen and oxygen atoms in total. The van der Waals surface area contributed by atoms with Crippen molar-refractivity contribution in [3.05, 3.63) is 33.2 Å². The fraction of sp³-hybridized carbons (Fsp3) is 0.500. The summed E-state index contributed by atoms with van der Waals surface area (Å²) in [4.78, 5) is 0. The third-order valence-corrected chi connectivity index (χ3v) is 4.47. The molecule has 5 heteroatoms. The van der Waals surface area contributed by atoms with Crippen LogP contribution in [0.1, 0.15) is 37.8 Å². The molecule has 0 fully saturated rings. The summed E-state index contributed by atoms with van der Waals surface area (Å²) >= 11 is 5.23. The lowest BCUT2D eigenvalue weighted by atomic mass is 10.1. The summed E-state index contributed by atoms with van der Waals surface area (Å²) < 4.78 is 1.09. The summed E-state index contributed by atoms with van der Waals surface area (Å²) in [6, 6.07) is 6.35. The van der Waals surface area contributed by atoms with E-state index in [1.54, 1.807) is 11.3 Å². The summed E-state index contributed by atoms with van der Waals surface area (Å²) in [7, 11) is 0. The molecule has 0 saturated heterocycles. The predicted octanol–water partition coefficient (Wildman–Crippen LogP) is 4.60. The highest BCUT2D eigenvalue weighted by Gasteiger charge is 2.10. The molecule has 0 radical (unpaired) electrons. The van der Waals surface area contributed by atoms with E-state index in [4.69, 9.17) is 0 Å². The second-order valence-corrected chi connectivity index (χ2v) is 8.28. The van der Waals surface area contributed by atoms with E-state index in [1.165, 1.54) is 5.56 Å². The van der Waals surface area contributed by atoms with E-state index < -0.39 is 0 Å². The second-order valence-electron chi connectivity index (χ2n) is 6.30. The zero-order chi connectivity index (χ0) is 15.5. The molecule has 114 valence electrons. The SMILES string of the molecule is Cc1cc(Br)cc(-c2nnc(CCCNC(C)(C)C)s2)c1. The Kier molecular flexibility index (Phi) is 5.52. The molecule has 1 aromatic heterocycles. The van der Waals surface area contributed by atoms with Gasteiger partial charge in [0.15, 0.2) is 0 Å². The Bertz CT molecular complexity index is 582. The summed E-state index contributed by atoms with van der Waals surface area (Å²) in [5.74, 6) is 0. The maximum atomic E-state index is 4.32. The molecule has 0 amide bonds. The van der Waals surface area contributed by atoms with Gasteiger partial charge in [0.1, 0.15) is 10.0 Å². The van der Waals surface area contributed by atoms with E-state index in [-0.39, 0.29) is 5.54 Å². The van der Waals surface area contributed by atoms with E-state index in [2.05, 4.69) is 77.3 Å². The Morgan fingerprint density at radius 3 is 2.62 bits per heavy atom. The van der Waals surface area contributed by atoms with Crippen LogP contribution in [0, 0.1) is 6.92 Å². The van der Waals surface area contributed by atoms with Crippen molar-refractivity contribution in [3.8, 4) is 10.6 Å². The maximum Gasteiger partial charge on any atom is 0.147 e. The first-order valence-corrected chi connectivity index (χ1v) is 8.79. The largest absolute Gasteiger partial charge is 0.312 e. The van der Waals surface area contributed by atoms with Crippen LogP contribution in [0.3, 0.4) is 0 Å². The monoisotopic (exact) mass is 367 g/mol. The Labute approximate surface area is 139 Å². The van der Waals surface area contributed by atoms with E-state index in [9.17, 15) is 0 Å². The summed E-state index contributed by atoms with van der Waals surface area (Å²) in [5, 5.41) is 14.2. The van der Waals surface area contributed by atoms with Crippen LogP contribution < -0.4 is 5.32 Å². The average molecular weight is 368 g/mol. The second kappa shape index (κ2) is 6.99. The average Bonchev–Trinajstić information content (AvgIpc) is 2.81. The number of nitrogens with zero attached hydrogens (tertiary/aromatic N) is 2. The van der Waals surface area contributed by atoms with E-state index >= 15 is 0 Å². The lowest BCUT2D eigenvalue weighted by Gasteiger charge is -2.20. The van der Waals surface area contributed by atoms with Crippen LogP contribution in [0.15, 0.2) is 22.7 Å². The van der Waals surface area contributed by atoms with Gasteiger partial charge in [0.25, 0.3) is 0 Å². The van der Waals surface area contributed by atoms with Crippen molar-refractivity contribution in [2.75, 3.05) is 6.54 Å². The Hall–Kier alpha value is -0.780. The van der Waals surface area contributed by atoms with Crippen molar-refractivity contribution < 1.29 is 0 Å². The number of aryl methyl sites for hydroxylation is 2. The quantitative estimate of drug-likeness (QED) is 0.784. The molecule has 1 heterocycles. The molecule has 2 aromatic rings.